The molecule has 0 saturated carbocycles. The Morgan fingerprint density at radius 1 is 0.310 bits per heavy atom. The van der Waals surface area contributed by atoms with E-state index in [9.17, 15) is 26.3 Å². The minimum atomic E-state index is -4.72. The Labute approximate surface area is 575 Å². The monoisotopic (exact) mass is 1420 g/mol. The minimum Gasteiger partial charge on any atom is -0.493 e. The summed E-state index contributed by atoms with van der Waals surface area (Å²) in [6.45, 7) is 20.0. The summed E-state index contributed by atoms with van der Waals surface area (Å²) in [7, 11) is 0. The predicted molar refractivity (Wildman–Crippen MR) is 342 cm³/mol. The summed E-state index contributed by atoms with van der Waals surface area (Å²) in [5.41, 5.74) is 7.17. The highest BCUT2D eigenvalue weighted by molar-refractivity contribution is 5.62. The lowest BCUT2D eigenvalue weighted by Crippen LogP contribution is -2.14. The van der Waals surface area contributed by atoms with Gasteiger partial charge in [-0.25, -0.2) is 0 Å². The van der Waals surface area contributed by atoms with E-state index in [1.165, 1.54) is 0 Å². The van der Waals surface area contributed by atoms with E-state index in [-0.39, 0.29) is 24.9 Å². The maximum absolute atomic E-state index is 12.9. The molecule has 0 spiro atoms. The van der Waals surface area contributed by atoms with Crippen LogP contribution in [0.3, 0.4) is 0 Å². The van der Waals surface area contributed by atoms with Gasteiger partial charge in [-0.05, 0) is 98.2 Å². The van der Waals surface area contributed by atoms with Crippen molar-refractivity contribution in [2.75, 3.05) is 172 Å². The van der Waals surface area contributed by atoms with Gasteiger partial charge in [0.15, 0.2) is 0 Å². The van der Waals surface area contributed by atoms with Gasteiger partial charge in [-0.2, -0.15) is 36.3 Å². The molecule has 26 nitrogen and oxygen atoms in total. The Morgan fingerprint density at radius 2 is 0.570 bits per heavy atom. The molecule has 0 bridgehead atoms. The Kier molecular flexibility index (Phi) is 36.7. The molecule has 4 aromatic heterocycles. The van der Waals surface area contributed by atoms with Crippen molar-refractivity contribution in [3.63, 3.8) is 0 Å². The summed E-state index contributed by atoms with van der Waals surface area (Å²) in [4.78, 5) is 6.92. The fourth-order valence-electron chi connectivity index (χ4n) is 9.35. The van der Waals surface area contributed by atoms with Gasteiger partial charge in [0.25, 0.3) is 0 Å². The van der Waals surface area contributed by atoms with Gasteiger partial charge in [0, 0.05) is 36.1 Å². The van der Waals surface area contributed by atoms with E-state index in [1.54, 1.807) is 52.0 Å². The largest absolute Gasteiger partial charge is 0.493 e. The summed E-state index contributed by atoms with van der Waals surface area (Å²) in [6, 6.07) is 18.4. The summed E-state index contributed by atoms with van der Waals surface area (Å²) in [6.07, 6.45) is -6.96. The molecule has 554 valence electrons. The molecule has 100 heavy (non-hydrogen) atoms. The van der Waals surface area contributed by atoms with Crippen LogP contribution in [0.4, 0.5) is 26.3 Å². The van der Waals surface area contributed by atoms with E-state index in [2.05, 4.69) is 39.6 Å². The zero-order valence-corrected chi connectivity index (χ0v) is 56.9. The second-order valence-electron chi connectivity index (χ2n) is 22.3. The molecule has 0 amide bonds. The standard InChI is InChI=1S/C68H90F6N6O20/c1-49-39-55(63-75-65(99-79-63)67(69,70)71)40-50(2)61(49)95-13-5-7-59-43-57(77-97-59)47-93-37-33-89-29-25-85-21-17-81-15-19-83-23-27-87-31-35-91-45-53-9-11-54(12-10-53)46-92-36-32-88-28-24-84-20-16-82-18-22-86-26-30-90-34-38-94-48-58-44-60(98-78-58)8-6-14-96-62-51(3)41-56(42-52(62)4)64-76-66(100-80-64)68(72,73)74/h9-12,39-44H,5-8,13-38,45-48H2,1-4H3. The van der Waals surface area contributed by atoms with Crippen LogP contribution in [0.5, 0.6) is 11.5 Å². The van der Waals surface area contributed by atoms with Crippen molar-refractivity contribution >= 4 is 0 Å². The first-order valence-corrected chi connectivity index (χ1v) is 32.9. The summed E-state index contributed by atoms with van der Waals surface area (Å²) < 4.78 is 187. The van der Waals surface area contributed by atoms with E-state index < -0.39 is 24.1 Å². The number of rotatable bonds is 56. The first kappa shape index (κ1) is 80.3. The zero-order chi connectivity index (χ0) is 70.9. The molecule has 0 unspecified atom stereocenters. The lowest BCUT2D eigenvalue weighted by atomic mass is 10.1. The van der Waals surface area contributed by atoms with Gasteiger partial charge in [-0.3, -0.25) is 0 Å². The van der Waals surface area contributed by atoms with Crippen LogP contribution in [-0.2, 0) is 118 Å². The van der Waals surface area contributed by atoms with E-state index in [0.717, 1.165) is 33.4 Å². The number of alkyl halides is 6. The van der Waals surface area contributed by atoms with Crippen LogP contribution in [0.25, 0.3) is 22.8 Å². The molecular weight excluding hydrogens is 1330 g/mol. The molecule has 3 aromatic carbocycles. The topological polar surface area (TPSA) is 278 Å². The second-order valence-corrected chi connectivity index (χ2v) is 22.3. The number of halogens is 6. The molecular formula is C68H90F6N6O20. The number of nitrogens with zero attached hydrogens (tertiary/aromatic N) is 6. The van der Waals surface area contributed by atoms with Crippen LogP contribution >= 0.6 is 0 Å². The van der Waals surface area contributed by atoms with Crippen molar-refractivity contribution in [3.05, 3.63) is 129 Å². The van der Waals surface area contributed by atoms with Gasteiger partial charge in [-0.15, -0.1) is 0 Å². The van der Waals surface area contributed by atoms with Crippen LogP contribution in [0.1, 0.15) is 80.9 Å². The lowest BCUT2D eigenvalue weighted by Gasteiger charge is -2.13. The molecule has 0 atom stereocenters. The number of aryl methyl sites for hydroxylation is 6. The van der Waals surface area contributed by atoms with Crippen molar-refractivity contribution in [2.45, 2.75) is 92.2 Å². The third-order valence-electron chi connectivity index (χ3n) is 14.1. The predicted octanol–water partition coefficient (Wildman–Crippen LogP) is 10.7. The van der Waals surface area contributed by atoms with E-state index in [4.69, 9.17) is 84.8 Å². The van der Waals surface area contributed by atoms with E-state index >= 15 is 0 Å². The van der Waals surface area contributed by atoms with Crippen LogP contribution in [0.2, 0.25) is 0 Å². The smallest absolute Gasteiger partial charge is 0.471 e. The van der Waals surface area contributed by atoms with Gasteiger partial charge in [0.2, 0.25) is 11.6 Å². The summed E-state index contributed by atoms with van der Waals surface area (Å²) in [5.74, 6) is -0.419. The molecule has 0 saturated heterocycles. The maximum Gasteiger partial charge on any atom is 0.471 e. The summed E-state index contributed by atoms with van der Waals surface area (Å²) in [5, 5.41) is 15.0. The fourth-order valence-corrected chi connectivity index (χ4v) is 9.35. The van der Waals surface area contributed by atoms with Gasteiger partial charge in [-0.1, -0.05) is 44.9 Å². The van der Waals surface area contributed by atoms with Crippen molar-refractivity contribution in [3.8, 4) is 34.3 Å². The normalized spacial score (nSPS) is 12.0. The highest BCUT2D eigenvalue weighted by Crippen LogP contribution is 2.34. The molecule has 0 aliphatic rings. The van der Waals surface area contributed by atoms with Crippen LogP contribution < -0.4 is 9.47 Å². The first-order valence-electron chi connectivity index (χ1n) is 32.9. The molecule has 0 fully saturated rings. The van der Waals surface area contributed by atoms with Gasteiger partial charge in [0.1, 0.15) is 34.4 Å². The minimum absolute atomic E-state index is 0.145. The van der Waals surface area contributed by atoms with E-state index in [0.29, 0.717) is 256 Å². The van der Waals surface area contributed by atoms with Crippen LogP contribution in [0, 0.1) is 27.7 Å². The third-order valence-corrected chi connectivity index (χ3v) is 14.1. The second kappa shape index (κ2) is 45.8. The van der Waals surface area contributed by atoms with Gasteiger partial charge >= 0.3 is 24.1 Å². The molecule has 0 aliphatic heterocycles. The highest BCUT2D eigenvalue weighted by atomic mass is 19.4. The fraction of sp³-hybridized carbons (Fsp3) is 0.588. The number of hydrogen-bond acceptors (Lipinski definition) is 26. The molecule has 32 heteroatoms. The highest BCUT2D eigenvalue weighted by Gasteiger charge is 2.39. The number of benzene rings is 3. The average molecular weight is 1430 g/mol. The molecule has 4 heterocycles. The molecule has 7 aromatic rings. The lowest BCUT2D eigenvalue weighted by molar-refractivity contribution is -0.160. The van der Waals surface area contributed by atoms with Crippen LogP contribution in [-0.4, -0.2) is 202 Å². The van der Waals surface area contributed by atoms with Gasteiger partial charge < -0.3 is 93.9 Å². The van der Waals surface area contributed by atoms with Crippen LogP contribution in [0.15, 0.2) is 78.8 Å². The van der Waals surface area contributed by atoms with E-state index in [1.807, 2.05) is 36.4 Å². The number of ether oxygens (including phenoxy) is 16. The Balaban J connectivity index is 0.536. The van der Waals surface area contributed by atoms with Gasteiger partial charge in [0.05, 0.1) is 198 Å². The zero-order valence-electron chi connectivity index (χ0n) is 56.9. The molecule has 0 radical (unpaired) electrons. The SMILES string of the molecule is Cc1cc(-c2noc(C(F)(F)F)n2)cc(C)c1OCCCc1cc(COCCOCCOCCOCCOCCOCCOCc2ccc(COCCOCCOCCOCCOCCOCCOCc3cc(CCCOc4c(C)cc(-c5noc(C(F)(F)F)n5)cc4C)on3)cc2)no1. The Hall–Kier alpha value is -7.02. The number of hydrogen-bond donors (Lipinski definition) is 0. The molecule has 0 aliphatic carbocycles. The quantitative estimate of drug-likeness (QED) is 0.0253. The molecule has 0 N–H and O–H groups in total. The van der Waals surface area contributed by atoms with Crippen molar-refractivity contribution < 1.29 is 120 Å². The third kappa shape index (κ3) is 31.5. The van der Waals surface area contributed by atoms with Crippen molar-refractivity contribution in [1.82, 2.24) is 30.6 Å². The van der Waals surface area contributed by atoms with Crippen molar-refractivity contribution in [2.24, 2.45) is 0 Å². The maximum atomic E-state index is 12.9. The van der Waals surface area contributed by atoms with Crippen molar-refractivity contribution in [1.29, 1.82) is 0 Å². The molecule has 7 rings (SSSR count). The number of aromatic nitrogens is 6. The Bertz CT molecular complexity index is 3070. The Morgan fingerprint density at radius 3 is 0.830 bits per heavy atom. The average Bonchev–Trinajstić information content (AvgIpc) is 1.60. The summed E-state index contributed by atoms with van der Waals surface area (Å²) >= 11 is 0. The first-order chi connectivity index (χ1) is 48.6.